The molecule has 0 spiro atoms. The molecule has 59 heavy (non-hydrogen) atoms. The van der Waals surface area contributed by atoms with Crippen molar-refractivity contribution in [3.05, 3.63) is 83.2 Å². The molecule has 4 rings (SSSR count). The molecule has 1 aliphatic rings. The number of methoxy groups -OCH3 is 1. The highest BCUT2D eigenvalue weighted by Crippen LogP contribution is 2.35. The van der Waals surface area contributed by atoms with Crippen LogP contribution in [0, 0.1) is 23.2 Å². The molecule has 0 saturated heterocycles. The first-order chi connectivity index (χ1) is 27.9. The first kappa shape index (κ1) is 45.5. The van der Waals surface area contributed by atoms with Gasteiger partial charge >= 0.3 is 24.0 Å². The van der Waals surface area contributed by atoms with Crippen molar-refractivity contribution in [2.24, 2.45) is 23.5 Å². The van der Waals surface area contributed by atoms with Gasteiger partial charge in [-0.2, -0.15) is 0 Å². The van der Waals surface area contributed by atoms with E-state index in [0.717, 1.165) is 12.8 Å². The largest absolute Gasteiger partial charge is 0.496 e. The van der Waals surface area contributed by atoms with E-state index in [-0.39, 0.29) is 45.4 Å². The van der Waals surface area contributed by atoms with Crippen molar-refractivity contribution in [1.82, 2.24) is 15.6 Å². The second-order valence-corrected chi connectivity index (χ2v) is 14.5. The summed E-state index contributed by atoms with van der Waals surface area (Å²) in [7, 11) is 1.43. The van der Waals surface area contributed by atoms with Gasteiger partial charge in [0.2, 0.25) is 12.6 Å². The molecular weight excluding hydrogens is 764 g/mol. The zero-order valence-corrected chi connectivity index (χ0v) is 34.1. The average Bonchev–Trinajstić information content (AvgIpc) is 4.03. The Morgan fingerprint density at radius 1 is 0.915 bits per heavy atom. The summed E-state index contributed by atoms with van der Waals surface area (Å²) in [5, 5.41) is 27.3. The van der Waals surface area contributed by atoms with Gasteiger partial charge in [-0.05, 0) is 73.2 Å². The number of amides is 2. The van der Waals surface area contributed by atoms with Crippen LogP contribution >= 0.6 is 0 Å². The summed E-state index contributed by atoms with van der Waals surface area (Å²) in [6.45, 7) is 13.9. The number of carbonyl (C=O) groups excluding carboxylic acids is 5. The number of alkyl carbamates (subject to hydrolysis) is 1. The third-order valence-corrected chi connectivity index (χ3v) is 9.04. The van der Waals surface area contributed by atoms with E-state index in [4.69, 9.17) is 34.8 Å². The normalized spacial score (nSPS) is 14.3. The van der Waals surface area contributed by atoms with Crippen molar-refractivity contribution in [1.29, 1.82) is 5.41 Å². The molecule has 17 nitrogen and oxygen atoms in total. The molecule has 316 valence electrons. The van der Waals surface area contributed by atoms with Gasteiger partial charge in [-0.1, -0.05) is 40.3 Å². The van der Waals surface area contributed by atoms with Crippen LogP contribution in [0.2, 0.25) is 0 Å². The van der Waals surface area contributed by atoms with Crippen molar-refractivity contribution in [3.63, 3.8) is 0 Å². The number of rotatable bonds is 18. The van der Waals surface area contributed by atoms with Gasteiger partial charge in [0, 0.05) is 53.9 Å². The summed E-state index contributed by atoms with van der Waals surface area (Å²) < 4.78 is 26.4. The number of aliphatic hydroxyl groups is 1. The first-order valence-electron chi connectivity index (χ1n) is 19.0. The maximum Gasteiger partial charge on any atom is 0.415 e. The Labute approximate surface area is 342 Å². The first-order valence-corrected chi connectivity index (χ1v) is 19.0. The molecule has 0 bridgehead atoms. The highest BCUT2D eigenvalue weighted by atomic mass is 16.7. The number of aromatic nitrogens is 1. The molecule has 3 unspecified atom stereocenters. The summed E-state index contributed by atoms with van der Waals surface area (Å²) in [5.41, 5.74) is 7.04. The fourth-order valence-electron chi connectivity index (χ4n) is 5.39. The molecule has 1 aromatic heterocycles. The van der Waals surface area contributed by atoms with Crippen LogP contribution < -0.4 is 26.4 Å². The highest BCUT2D eigenvalue weighted by molar-refractivity contribution is 6.11. The minimum absolute atomic E-state index is 0.0707. The highest BCUT2D eigenvalue weighted by Gasteiger charge is 2.28. The van der Waals surface area contributed by atoms with Gasteiger partial charge in [-0.3, -0.25) is 30.4 Å². The van der Waals surface area contributed by atoms with Gasteiger partial charge < -0.3 is 39.8 Å². The van der Waals surface area contributed by atoms with Crippen molar-refractivity contribution in [2.45, 2.75) is 79.2 Å². The number of aliphatic hydroxyl groups excluding tert-OH is 1. The van der Waals surface area contributed by atoms with Crippen LogP contribution in [0.4, 0.5) is 10.5 Å². The molecule has 2 amide bonds. The van der Waals surface area contributed by atoms with E-state index in [1.54, 1.807) is 33.8 Å². The van der Waals surface area contributed by atoms with Crippen LogP contribution in [0.5, 0.6) is 5.75 Å². The zero-order chi connectivity index (χ0) is 43.6. The van der Waals surface area contributed by atoms with Crippen LogP contribution in [-0.2, 0) is 28.5 Å². The monoisotopic (exact) mass is 816 g/mol. The van der Waals surface area contributed by atoms with E-state index in [1.807, 2.05) is 0 Å². The van der Waals surface area contributed by atoms with Crippen LogP contribution in [0.25, 0.3) is 17.2 Å². The minimum Gasteiger partial charge on any atom is -0.496 e. The number of nitrogens with two attached hydrogens (primary N) is 1. The number of esters is 3. The van der Waals surface area contributed by atoms with Gasteiger partial charge in [0.15, 0.2) is 5.69 Å². The zero-order valence-electron chi connectivity index (χ0n) is 34.1. The molecule has 1 aliphatic carbocycles. The Hall–Kier alpha value is -6.17. The number of nitrogens with one attached hydrogen (secondary N) is 4. The number of hydrogen-bond donors (Lipinski definition) is 6. The van der Waals surface area contributed by atoms with Gasteiger partial charge in [0.05, 0.1) is 18.7 Å². The maximum atomic E-state index is 14.1. The van der Waals surface area contributed by atoms with E-state index in [0.29, 0.717) is 29.5 Å². The lowest BCUT2D eigenvalue weighted by Crippen LogP contribution is -2.40. The summed E-state index contributed by atoms with van der Waals surface area (Å²) in [6, 6.07) is 11.1. The number of ether oxygens (including phenoxy) is 5. The standard InChI is InChI=1S/C42H52N6O11/c1-9-26-18-31(37(49)46-28-14-12-27(13-15-28)36(44)48-42(54)59-24(7)57-40(52)34(43)21(2)3)30(19-33(26)55-8)29-16-17-32(38(50)45-20-25-10-11-25)47-35(29)41(53)58-23(6)56-39(51)22(4)5/h9,12-19,21-25,34,38,45,50H,1,10-11,20,43H2,2-8H3,(H,46,49)(H2,44,48,54)/t23?,24?,34-,38?/m0/s1. The number of nitrogens with zero attached hydrogens (tertiary/aromatic N) is 1. The minimum atomic E-state index is -1.29. The molecule has 3 aromatic rings. The third-order valence-electron chi connectivity index (χ3n) is 9.04. The van der Waals surface area contributed by atoms with Crippen molar-refractivity contribution < 1.29 is 52.8 Å². The predicted molar refractivity (Wildman–Crippen MR) is 217 cm³/mol. The Kier molecular flexibility index (Phi) is 15.8. The Bertz CT molecular complexity index is 2050. The molecule has 0 radical (unpaired) electrons. The Morgan fingerprint density at radius 3 is 2.15 bits per heavy atom. The van der Waals surface area contributed by atoms with E-state index < -0.39 is 60.7 Å². The molecule has 17 heteroatoms. The van der Waals surface area contributed by atoms with E-state index in [2.05, 4.69) is 27.5 Å². The molecule has 0 aliphatic heterocycles. The molecule has 4 atom stereocenters. The van der Waals surface area contributed by atoms with Crippen LogP contribution in [0.3, 0.4) is 0 Å². The lowest BCUT2D eigenvalue weighted by atomic mass is 9.94. The summed E-state index contributed by atoms with van der Waals surface area (Å²) in [6.07, 6.45) is -1.25. The molecule has 1 heterocycles. The lowest BCUT2D eigenvalue weighted by Gasteiger charge is -2.20. The number of hydrogen-bond acceptors (Lipinski definition) is 15. The number of anilines is 1. The van der Waals surface area contributed by atoms with E-state index in [9.17, 15) is 29.1 Å². The van der Waals surface area contributed by atoms with Gasteiger partial charge in [-0.15, -0.1) is 0 Å². The van der Waals surface area contributed by atoms with Gasteiger partial charge in [0.25, 0.3) is 5.91 Å². The predicted octanol–water partition coefficient (Wildman–Crippen LogP) is 5.27. The summed E-state index contributed by atoms with van der Waals surface area (Å²) in [5.74, 6) is -3.18. The molecular formula is C42H52N6O11. The smallest absolute Gasteiger partial charge is 0.415 e. The van der Waals surface area contributed by atoms with Crippen LogP contribution in [0.15, 0.2) is 55.1 Å². The fraction of sp³-hybridized carbons (Fsp3) is 0.405. The number of amidine groups is 1. The third kappa shape index (κ3) is 12.7. The quantitative estimate of drug-likeness (QED) is 0.0414. The van der Waals surface area contributed by atoms with E-state index >= 15 is 0 Å². The van der Waals surface area contributed by atoms with Gasteiger partial charge in [0.1, 0.15) is 23.9 Å². The Balaban J connectivity index is 1.60. The summed E-state index contributed by atoms with van der Waals surface area (Å²) >= 11 is 0. The lowest BCUT2D eigenvalue weighted by molar-refractivity contribution is -0.169. The van der Waals surface area contributed by atoms with Crippen molar-refractivity contribution in [2.75, 3.05) is 19.0 Å². The second kappa shape index (κ2) is 20.5. The van der Waals surface area contributed by atoms with Gasteiger partial charge in [-0.25, -0.2) is 14.6 Å². The Morgan fingerprint density at radius 2 is 1.56 bits per heavy atom. The number of benzene rings is 2. The topological polar surface area (TPSA) is 251 Å². The molecule has 7 N–H and O–H groups in total. The molecule has 1 fully saturated rings. The molecule has 1 saturated carbocycles. The van der Waals surface area contributed by atoms with Crippen LogP contribution in [0.1, 0.15) is 98.3 Å². The molecule has 2 aromatic carbocycles. The number of pyridine rings is 1. The SMILES string of the molecule is C=Cc1cc(C(=O)Nc2ccc(C(=N)NC(=O)OC(C)OC(=O)[C@@H](N)C(C)C)cc2)c(-c2ccc(C(O)NCC3CC3)nc2C(=O)OC(C)OC(=O)C(C)C)cc1OC. The van der Waals surface area contributed by atoms with Crippen LogP contribution in [-0.4, -0.2) is 78.1 Å². The van der Waals surface area contributed by atoms with Crippen molar-refractivity contribution >= 4 is 47.5 Å². The maximum absolute atomic E-state index is 14.1. The van der Waals surface area contributed by atoms with Crippen molar-refractivity contribution in [3.8, 4) is 16.9 Å². The fourth-order valence-corrected chi connectivity index (χ4v) is 5.39. The summed E-state index contributed by atoms with van der Waals surface area (Å²) in [4.78, 5) is 69.1. The van der Waals surface area contributed by atoms with E-state index in [1.165, 1.54) is 69.5 Å². The average molecular weight is 817 g/mol. The second-order valence-electron chi connectivity index (χ2n) is 14.5. The number of carbonyl (C=O) groups is 5.